The van der Waals surface area contributed by atoms with E-state index in [0.29, 0.717) is 0 Å². The first-order chi connectivity index (χ1) is 28.8. The van der Waals surface area contributed by atoms with Crippen LogP contribution in [0.3, 0.4) is 0 Å². The van der Waals surface area contributed by atoms with Crippen molar-refractivity contribution in [2.45, 2.75) is 110 Å². The van der Waals surface area contributed by atoms with E-state index < -0.39 is 0 Å². The lowest BCUT2D eigenvalue weighted by Crippen LogP contribution is -2.22. The summed E-state index contributed by atoms with van der Waals surface area (Å²) in [7, 11) is 0. The third-order valence-corrected chi connectivity index (χ3v) is 14.9. The average molecular weight is 796 g/mol. The number of anilines is 3. The maximum atomic E-state index is 6.97. The topological polar surface area (TPSA) is 16.4 Å². The first-order valence-electron chi connectivity index (χ1n) is 22.3. The molecule has 0 aliphatic heterocycles. The highest BCUT2D eigenvalue weighted by Crippen LogP contribution is 2.59. The highest BCUT2D eigenvalue weighted by molar-refractivity contribution is 6.16. The summed E-state index contributed by atoms with van der Waals surface area (Å²) < 4.78 is 6.97. The molecular weight excluding hydrogens is 739 g/mol. The second kappa shape index (κ2) is 12.2. The highest BCUT2D eigenvalue weighted by atomic mass is 16.3. The number of nitrogens with zero attached hydrogens (tertiary/aromatic N) is 1. The Labute approximate surface area is 362 Å². The minimum Gasteiger partial charge on any atom is -0.456 e. The van der Waals surface area contributed by atoms with Gasteiger partial charge in [-0.25, -0.2) is 0 Å². The number of rotatable bonds is 3. The molecule has 7 aromatic carbocycles. The summed E-state index contributed by atoms with van der Waals surface area (Å²) in [6.07, 6.45) is 0. The number of hydrogen-bond acceptors (Lipinski definition) is 2. The number of fused-ring (bicyclic) bond motifs is 13. The van der Waals surface area contributed by atoms with Crippen LogP contribution < -0.4 is 4.90 Å². The zero-order valence-electron chi connectivity index (χ0n) is 38.0. The minimum absolute atomic E-state index is 0.0157. The summed E-state index contributed by atoms with van der Waals surface area (Å²) in [5.74, 6) is 0. The molecule has 0 radical (unpaired) electrons. The molecule has 0 N–H and O–H groups in total. The molecule has 0 spiro atoms. The molecule has 1 aromatic heterocycles. The molecule has 11 rings (SSSR count). The van der Waals surface area contributed by atoms with Crippen molar-refractivity contribution in [2.75, 3.05) is 4.90 Å². The molecule has 0 unspecified atom stereocenters. The Kier molecular flexibility index (Phi) is 7.59. The smallest absolute Gasteiger partial charge is 0.139 e. The number of hydrogen-bond donors (Lipinski definition) is 0. The van der Waals surface area contributed by atoms with Gasteiger partial charge in [-0.3, -0.25) is 0 Å². The molecule has 0 fully saturated rings. The van der Waals surface area contributed by atoms with E-state index in [1.807, 2.05) is 0 Å². The second-order valence-electron chi connectivity index (χ2n) is 21.8. The molecule has 2 heteroatoms. The fourth-order valence-corrected chi connectivity index (χ4v) is 11.6. The van der Waals surface area contributed by atoms with Gasteiger partial charge in [-0.05, 0) is 126 Å². The molecular formula is C59H57NO. The summed E-state index contributed by atoms with van der Waals surface area (Å²) >= 11 is 0. The largest absolute Gasteiger partial charge is 0.456 e. The molecule has 0 saturated carbocycles. The fourth-order valence-electron chi connectivity index (χ4n) is 11.6. The van der Waals surface area contributed by atoms with E-state index in [-0.39, 0.29) is 27.1 Å². The molecule has 0 amide bonds. The van der Waals surface area contributed by atoms with Crippen LogP contribution >= 0.6 is 0 Å². The summed E-state index contributed by atoms with van der Waals surface area (Å²) in [4.78, 5) is 2.57. The molecule has 1 heterocycles. The Balaban J connectivity index is 1.19. The van der Waals surface area contributed by atoms with Crippen molar-refractivity contribution in [1.29, 1.82) is 0 Å². The Morgan fingerprint density at radius 2 is 1.00 bits per heavy atom. The van der Waals surface area contributed by atoms with Gasteiger partial charge in [0.25, 0.3) is 0 Å². The van der Waals surface area contributed by atoms with E-state index in [0.717, 1.165) is 11.2 Å². The third kappa shape index (κ3) is 5.14. The minimum atomic E-state index is -0.301. The van der Waals surface area contributed by atoms with E-state index in [1.54, 1.807) is 0 Å². The van der Waals surface area contributed by atoms with Gasteiger partial charge in [0.15, 0.2) is 0 Å². The lowest BCUT2D eigenvalue weighted by atomic mass is 9.79. The van der Waals surface area contributed by atoms with E-state index >= 15 is 0 Å². The maximum Gasteiger partial charge on any atom is 0.139 e. The third-order valence-electron chi connectivity index (χ3n) is 14.9. The fraction of sp³-hybridized carbons (Fsp3) is 0.288. The van der Waals surface area contributed by atoms with Crippen LogP contribution in [-0.4, -0.2) is 0 Å². The highest BCUT2D eigenvalue weighted by Gasteiger charge is 2.43. The van der Waals surface area contributed by atoms with Gasteiger partial charge in [0.2, 0.25) is 0 Å². The maximum absolute atomic E-state index is 6.97. The van der Waals surface area contributed by atoms with E-state index in [4.69, 9.17) is 4.42 Å². The Morgan fingerprint density at radius 1 is 0.459 bits per heavy atom. The molecule has 3 aliphatic carbocycles. The van der Waals surface area contributed by atoms with Crippen LogP contribution in [0.15, 0.2) is 132 Å². The lowest BCUT2D eigenvalue weighted by molar-refractivity contribution is 0.559. The zero-order valence-corrected chi connectivity index (χ0v) is 38.0. The molecule has 2 nitrogen and oxygen atoms in total. The van der Waals surface area contributed by atoms with Crippen molar-refractivity contribution in [1.82, 2.24) is 0 Å². The SMILES string of the molecule is CC(C)(C)c1cc(C(C)(C)C)c2oc3ccc4c(c3c2c1)-c1cccc(N(c2ccc3c(c2)C(C)(C)c2ccccc2-3)c2ccc3c(c2)C(C)(C)c2ccccc2-3)c1C4(C)C. The van der Waals surface area contributed by atoms with Crippen LogP contribution in [0.5, 0.6) is 0 Å². The summed E-state index contributed by atoms with van der Waals surface area (Å²) in [5.41, 5.74) is 23.6. The summed E-state index contributed by atoms with van der Waals surface area (Å²) in [6.45, 7) is 28.3. The second-order valence-corrected chi connectivity index (χ2v) is 21.8. The first-order valence-corrected chi connectivity index (χ1v) is 22.3. The van der Waals surface area contributed by atoms with E-state index in [9.17, 15) is 0 Å². The van der Waals surface area contributed by atoms with Crippen LogP contribution in [0, 0.1) is 0 Å². The van der Waals surface area contributed by atoms with Gasteiger partial charge in [0, 0.05) is 44.0 Å². The standard InChI is InChI=1S/C59H57NO/c1-55(2,3)34-30-42-52-50(61-54(42)48(31-34)56(4,5)6)29-28-45-51(52)41-20-17-23-49(53(41)59(45,11)12)60(35-24-26-39-37-18-13-15-21-43(37)57(7,8)46(39)32-35)36-25-27-40-38-19-14-16-22-44(38)58(9,10)47(40)33-36/h13-33H,1-12H3. The van der Waals surface area contributed by atoms with Gasteiger partial charge >= 0.3 is 0 Å². The Morgan fingerprint density at radius 3 is 1.56 bits per heavy atom. The zero-order chi connectivity index (χ0) is 42.8. The van der Waals surface area contributed by atoms with Crippen LogP contribution in [-0.2, 0) is 27.1 Å². The average Bonchev–Trinajstić information content (AvgIpc) is 3.86. The molecule has 0 atom stereocenters. The molecule has 0 saturated heterocycles. The summed E-state index contributed by atoms with van der Waals surface area (Å²) in [5, 5.41) is 2.45. The monoisotopic (exact) mass is 795 g/mol. The van der Waals surface area contributed by atoms with Crippen molar-refractivity contribution in [3.63, 3.8) is 0 Å². The van der Waals surface area contributed by atoms with Crippen LogP contribution in [0.2, 0.25) is 0 Å². The van der Waals surface area contributed by atoms with Crippen molar-refractivity contribution >= 4 is 39.0 Å². The van der Waals surface area contributed by atoms with Crippen LogP contribution in [0.25, 0.3) is 55.3 Å². The first kappa shape index (κ1) is 38.1. The molecule has 8 aromatic rings. The van der Waals surface area contributed by atoms with Crippen LogP contribution in [0.1, 0.15) is 128 Å². The Hall–Kier alpha value is -5.86. The van der Waals surface area contributed by atoms with Crippen molar-refractivity contribution in [2.24, 2.45) is 0 Å². The molecule has 304 valence electrons. The summed E-state index contributed by atoms with van der Waals surface area (Å²) in [6, 6.07) is 48.8. The predicted octanol–water partition coefficient (Wildman–Crippen LogP) is 16.6. The molecule has 0 bridgehead atoms. The van der Waals surface area contributed by atoms with E-state index in [1.165, 1.54) is 106 Å². The van der Waals surface area contributed by atoms with Crippen LogP contribution in [0.4, 0.5) is 17.1 Å². The van der Waals surface area contributed by atoms with Crippen molar-refractivity contribution < 1.29 is 4.42 Å². The van der Waals surface area contributed by atoms with Gasteiger partial charge in [0.1, 0.15) is 11.2 Å². The molecule has 61 heavy (non-hydrogen) atoms. The van der Waals surface area contributed by atoms with E-state index in [2.05, 4.69) is 215 Å². The van der Waals surface area contributed by atoms with Gasteiger partial charge in [0.05, 0.1) is 5.69 Å². The predicted molar refractivity (Wildman–Crippen MR) is 258 cm³/mol. The number of benzene rings is 7. The van der Waals surface area contributed by atoms with Gasteiger partial charge < -0.3 is 9.32 Å². The van der Waals surface area contributed by atoms with Gasteiger partial charge in [-0.15, -0.1) is 0 Å². The Bertz CT molecular complexity index is 3080. The van der Waals surface area contributed by atoms with Crippen molar-refractivity contribution in [3.8, 4) is 33.4 Å². The molecule has 3 aliphatic rings. The van der Waals surface area contributed by atoms with Crippen molar-refractivity contribution in [3.05, 3.63) is 172 Å². The van der Waals surface area contributed by atoms with Gasteiger partial charge in [-0.2, -0.15) is 0 Å². The number of furan rings is 1. The normalized spacial score (nSPS) is 16.3. The quantitative estimate of drug-likeness (QED) is 0.177. The lowest BCUT2D eigenvalue weighted by Gasteiger charge is -2.34. The van der Waals surface area contributed by atoms with Gasteiger partial charge in [-0.1, -0.05) is 168 Å².